The molecule has 15 aromatic rings. The number of benzene rings is 11. The second-order valence-electron chi connectivity index (χ2n) is 18.4. The van der Waals surface area contributed by atoms with Crippen LogP contribution in [0.3, 0.4) is 0 Å². The highest BCUT2D eigenvalue weighted by atomic mass is 15.1. The number of fused-ring (bicyclic) bond motifs is 14. The molecular formula is C66H42N4. The van der Waals surface area contributed by atoms with Gasteiger partial charge in [-0.1, -0.05) is 164 Å². The van der Waals surface area contributed by atoms with Crippen molar-refractivity contribution in [3.8, 4) is 45.0 Å². The van der Waals surface area contributed by atoms with Crippen molar-refractivity contribution in [2.24, 2.45) is 0 Å². The Hall–Kier alpha value is -9.38. The second-order valence-corrected chi connectivity index (χ2v) is 18.4. The van der Waals surface area contributed by atoms with Crippen LogP contribution >= 0.6 is 0 Å². The van der Waals surface area contributed by atoms with Gasteiger partial charge in [-0.15, -0.1) is 0 Å². The van der Waals surface area contributed by atoms with Crippen LogP contribution in [0.1, 0.15) is 0 Å². The Morgan fingerprint density at radius 1 is 0.200 bits per heavy atom. The van der Waals surface area contributed by atoms with Gasteiger partial charge in [-0.2, -0.15) is 0 Å². The molecule has 0 atom stereocenters. The van der Waals surface area contributed by atoms with Gasteiger partial charge in [0.05, 0.1) is 44.1 Å². The predicted molar refractivity (Wildman–Crippen MR) is 295 cm³/mol. The summed E-state index contributed by atoms with van der Waals surface area (Å²) in [6, 6.07) is 93.5. The van der Waals surface area contributed by atoms with Gasteiger partial charge in [-0.05, 0) is 113 Å². The van der Waals surface area contributed by atoms with Crippen LogP contribution < -0.4 is 0 Å². The van der Waals surface area contributed by atoms with Gasteiger partial charge in [0.15, 0.2) is 0 Å². The Kier molecular flexibility index (Phi) is 8.33. The van der Waals surface area contributed by atoms with Crippen LogP contribution in [0.15, 0.2) is 255 Å². The zero-order chi connectivity index (χ0) is 45.9. The lowest BCUT2D eigenvalue weighted by Gasteiger charge is -2.15. The van der Waals surface area contributed by atoms with Gasteiger partial charge in [0.25, 0.3) is 0 Å². The lowest BCUT2D eigenvalue weighted by Crippen LogP contribution is -1.99. The quantitative estimate of drug-likeness (QED) is 0.158. The molecule has 0 saturated carbocycles. The molecule has 4 aromatic heterocycles. The zero-order valence-corrected chi connectivity index (χ0v) is 38.0. The van der Waals surface area contributed by atoms with E-state index in [1.54, 1.807) is 0 Å². The first-order valence-corrected chi connectivity index (χ1v) is 24.1. The SMILES string of the molecule is c1ccc(-n2c3ccccc3c3cc(-c4cccc(-c5cc6c7ccccc7n(-c7ccccc7)c6c6c5c5ccccc5n6-c5ccccc5)c4)c4c5ccccc5n(-c5ccccc5)c4c32)cc1. The molecule has 4 nitrogen and oxygen atoms in total. The summed E-state index contributed by atoms with van der Waals surface area (Å²) in [7, 11) is 0. The molecule has 0 bridgehead atoms. The van der Waals surface area contributed by atoms with Crippen LogP contribution in [0.2, 0.25) is 0 Å². The Bertz CT molecular complexity index is 4260. The molecule has 4 heterocycles. The minimum Gasteiger partial charge on any atom is -0.307 e. The fourth-order valence-corrected chi connectivity index (χ4v) is 11.9. The number of hydrogen-bond donors (Lipinski definition) is 0. The summed E-state index contributed by atoms with van der Waals surface area (Å²) >= 11 is 0. The van der Waals surface area contributed by atoms with Crippen LogP contribution in [0.5, 0.6) is 0 Å². The minimum atomic E-state index is 1.13. The lowest BCUT2D eigenvalue weighted by atomic mass is 9.92. The number of para-hydroxylation sites is 8. The summed E-state index contributed by atoms with van der Waals surface area (Å²) in [6.07, 6.45) is 0. The fraction of sp³-hybridized carbons (Fsp3) is 0. The average molecular weight is 891 g/mol. The third-order valence-electron chi connectivity index (χ3n) is 14.7. The standard InChI is InChI=1S/C66H42N4/c1-5-24-45(25-6-1)67-57-36-17-13-32-49(57)55-41-53(61-51-34-15-19-38-59(51)69(65(61)63(55)67)47-28-9-3-10-29-47)43-22-21-23-44(40-43)54-42-56-50-33-14-18-37-58(50)68(46-26-7-2-8-27-46)64(56)66-62(54)52-35-16-20-39-60(52)70(66)48-30-11-4-12-31-48/h1-42H. The van der Waals surface area contributed by atoms with Crippen molar-refractivity contribution in [3.63, 3.8) is 0 Å². The molecule has 0 aliphatic carbocycles. The molecule has 11 aromatic carbocycles. The Morgan fingerprint density at radius 3 is 0.843 bits per heavy atom. The van der Waals surface area contributed by atoms with Crippen molar-refractivity contribution in [2.75, 3.05) is 0 Å². The smallest absolute Gasteiger partial charge is 0.0795 e. The third kappa shape index (κ3) is 5.47. The molecule has 0 aliphatic rings. The molecule has 326 valence electrons. The minimum absolute atomic E-state index is 1.13. The maximum Gasteiger partial charge on any atom is 0.0795 e. The topological polar surface area (TPSA) is 19.7 Å². The maximum absolute atomic E-state index is 2.50. The largest absolute Gasteiger partial charge is 0.307 e. The number of hydrogen-bond acceptors (Lipinski definition) is 0. The highest BCUT2D eigenvalue weighted by Crippen LogP contribution is 2.49. The number of aromatic nitrogens is 4. The molecule has 4 heteroatoms. The molecule has 0 fully saturated rings. The van der Waals surface area contributed by atoms with Crippen LogP contribution in [-0.2, 0) is 0 Å². The average Bonchev–Trinajstić information content (AvgIpc) is 4.17. The predicted octanol–water partition coefficient (Wildman–Crippen LogP) is 17.4. The first-order chi connectivity index (χ1) is 34.8. The molecule has 0 N–H and O–H groups in total. The molecule has 70 heavy (non-hydrogen) atoms. The zero-order valence-electron chi connectivity index (χ0n) is 38.0. The van der Waals surface area contributed by atoms with Crippen LogP contribution in [0, 0.1) is 0 Å². The second kappa shape index (κ2) is 15.1. The molecule has 0 spiro atoms. The van der Waals surface area contributed by atoms with Gasteiger partial charge in [0, 0.05) is 65.8 Å². The summed E-state index contributed by atoms with van der Waals surface area (Å²) in [5.41, 5.74) is 18.8. The van der Waals surface area contributed by atoms with Gasteiger partial charge < -0.3 is 18.3 Å². The lowest BCUT2D eigenvalue weighted by molar-refractivity contribution is 1.15. The van der Waals surface area contributed by atoms with Gasteiger partial charge in [-0.25, -0.2) is 0 Å². The van der Waals surface area contributed by atoms with Crippen molar-refractivity contribution in [2.45, 2.75) is 0 Å². The first-order valence-electron chi connectivity index (χ1n) is 24.1. The highest BCUT2D eigenvalue weighted by Gasteiger charge is 2.27. The van der Waals surface area contributed by atoms with E-state index in [0.29, 0.717) is 0 Å². The monoisotopic (exact) mass is 890 g/mol. The van der Waals surface area contributed by atoms with Crippen LogP contribution in [0.25, 0.3) is 132 Å². The Morgan fingerprint density at radius 2 is 0.486 bits per heavy atom. The van der Waals surface area contributed by atoms with Gasteiger partial charge in [0.2, 0.25) is 0 Å². The summed E-state index contributed by atoms with van der Waals surface area (Å²) in [5, 5.41) is 9.79. The van der Waals surface area contributed by atoms with Gasteiger partial charge >= 0.3 is 0 Å². The summed E-state index contributed by atoms with van der Waals surface area (Å²) < 4.78 is 9.95. The molecule has 0 radical (unpaired) electrons. The van der Waals surface area contributed by atoms with Crippen molar-refractivity contribution in [1.82, 2.24) is 18.3 Å². The Labute approximate surface area is 403 Å². The van der Waals surface area contributed by atoms with Crippen molar-refractivity contribution < 1.29 is 0 Å². The number of nitrogens with zero attached hydrogens (tertiary/aromatic N) is 4. The van der Waals surface area contributed by atoms with E-state index in [0.717, 1.165) is 22.7 Å². The van der Waals surface area contributed by atoms with Gasteiger partial charge in [-0.3, -0.25) is 0 Å². The third-order valence-corrected chi connectivity index (χ3v) is 14.7. The van der Waals surface area contributed by atoms with E-state index >= 15 is 0 Å². The van der Waals surface area contributed by atoms with Crippen molar-refractivity contribution in [1.29, 1.82) is 0 Å². The first kappa shape index (κ1) is 38.7. The van der Waals surface area contributed by atoms with Crippen molar-refractivity contribution >= 4 is 87.2 Å². The maximum atomic E-state index is 2.50. The summed E-state index contributed by atoms with van der Waals surface area (Å²) in [5.74, 6) is 0. The van der Waals surface area contributed by atoms with E-state index in [1.807, 2.05) is 0 Å². The van der Waals surface area contributed by atoms with Crippen molar-refractivity contribution in [3.05, 3.63) is 255 Å². The molecular weight excluding hydrogens is 849 g/mol. The molecule has 0 amide bonds. The van der Waals surface area contributed by atoms with E-state index in [-0.39, 0.29) is 0 Å². The van der Waals surface area contributed by atoms with Crippen LogP contribution in [0.4, 0.5) is 0 Å². The van der Waals surface area contributed by atoms with E-state index in [9.17, 15) is 0 Å². The molecule has 15 rings (SSSR count). The normalized spacial score (nSPS) is 12.0. The summed E-state index contributed by atoms with van der Waals surface area (Å²) in [6.45, 7) is 0. The van der Waals surface area contributed by atoms with E-state index in [4.69, 9.17) is 0 Å². The highest BCUT2D eigenvalue weighted by molar-refractivity contribution is 6.30. The van der Waals surface area contributed by atoms with E-state index in [1.165, 1.54) is 109 Å². The summed E-state index contributed by atoms with van der Waals surface area (Å²) in [4.78, 5) is 0. The Balaban J connectivity index is 1.10. The molecule has 0 aliphatic heterocycles. The van der Waals surface area contributed by atoms with E-state index in [2.05, 4.69) is 273 Å². The number of rotatable bonds is 6. The van der Waals surface area contributed by atoms with Gasteiger partial charge in [0.1, 0.15) is 0 Å². The molecule has 0 unspecified atom stereocenters. The molecule has 0 saturated heterocycles. The van der Waals surface area contributed by atoms with E-state index < -0.39 is 0 Å². The fourth-order valence-electron chi connectivity index (χ4n) is 11.9. The van der Waals surface area contributed by atoms with Crippen LogP contribution in [-0.4, -0.2) is 18.3 Å².